The molecule has 0 saturated carbocycles. The highest BCUT2D eigenvalue weighted by Crippen LogP contribution is 2.35. The summed E-state index contributed by atoms with van der Waals surface area (Å²) in [7, 11) is 0. The van der Waals surface area contributed by atoms with Gasteiger partial charge in [0.05, 0.1) is 15.5 Å². The normalized spacial score (nSPS) is 16.9. The van der Waals surface area contributed by atoms with Crippen molar-refractivity contribution in [2.24, 2.45) is 4.99 Å². The number of nitro groups is 1. The quantitative estimate of drug-likeness (QED) is 0.489. The first-order valence-corrected chi connectivity index (χ1v) is 8.23. The molecule has 1 aliphatic rings. The number of halogens is 2. The maximum atomic E-state index is 12.9. The van der Waals surface area contributed by atoms with E-state index >= 15 is 0 Å². The van der Waals surface area contributed by atoms with Crippen molar-refractivity contribution in [3.05, 3.63) is 67.8 Å². The molecular formula is C16H8ClFN3O4S-. The van der Waals surface area contributed by atoms with E-state index in [1.165, 1.54) is 36.4 Å². The molecule has 0 spiro atoms. The topological polar surface area (TPSA) is 108 Å². The van der Waals surface area contributed by atoms with E-state index in [0.29, 0.717) is 5.69 Å². The number of nitrogens with one attached hydrogen (secondary N) is 1. The first-order chi connectivity index (χ1) is 12.3. The summed E-state index contributed by atoms with van der Waals surface area (Å²) < 4.78 is 12.9. The second kappa shape index (κ2) is 7.14. The van der Waals surface area contributed by atoms with E-state index in [9.17, 15) is 24.4 Å². The Morgan fingerprint density at radius 3 is 2.62 bits per heavy atom. The van der Waals surface area contributed by atoms with Gasteiger partial charge in [-0.3, -0.25) is 14.9 Å². The molecule has 0 radical (unpaired) electrons. The number of carbonyl (C=O) groups is 1. The van der Waals surface area contributed by atoms with E-state index in [0.717, 1.165) is 17.8 Å². The van der Waals surface area contributed by atoms with Crippen LogP contribution in [0.2, 0.25) is 5.02 Å². The minimum absolute atomic E-state index is 0.00626. The van der Waals surface area contributed by atoms with E-state index < -0.39 is 28.1 Å². The van der Waals surface area contributed by atoms with Crippen LogP contribution in [0.4, 0.5) is 15.8 Å². The third-order valence-electron chi connectivity index (χ3n) is 3.25. The van der Waals surface area contributed by atoms with Crippen LogP contribution < -0.4 is 10.4 Å². The number of aliphatic imine (C=N–C) groups is 1. The largest absolute Gasteiger partial charge is 0.867 e. The van der Waals surface area contributed by atoms with Crippen LogP contribution in [-0.2, 0) is 4.79 Å². The minimum atomic E-state index is -0.843. The van der Waals surface area contributed by atoms with Crippen molar-refractivity contribution in [2.75, 3.05) is 0 Å². The van der Waals surface area contributed by atoms with Gasteiger partial charge in [0, 0.05) is 11.1 Å². The number of amides is 1. The Labute approximate surface area is 155 Å². The SMILES string of the molecule is O=C1NC(=Nc2ccc(F)cc2)S/C1=C\c1cc(Cl)cc([N+](=O)[O-])c1[O-]. The van der Waals surface area contributed by atoms with E-state index in [1.807, 2.05) is 0 Å². The highest BCUT2D eigenvalue weighted by atomic mass is 35.5. The molecule has 1 saturated heterocycles. The van der Waals surface area contributed by atoms with E-state index in [-0.39, 0.29) is 20.7 Å². The summed E-state index contributed by atoms with van der Waals surface area (Å²) in [4.78, 5) is 26.4. The number of carbonyl (C=O) groups excluding carboxylic acids is 1. The number of thioether (sulfide) groups is 1. The third kappa shape index (κ3) is 3.84. The zero-order valence-corrected chi connectivity index (χ0v) is 14.3. The lowest BCUT2D eigenvalue weighted by Crippen LogP contribution is -2.19. The van der Waals surface area contributed by atoms with Crippen molar-refractivity contribution in [3.63, 3.8) is 0 Å². The maximum absolute atomic E-state index is 12.9. The Hall–Kier alpha value is -2.91. The molecule has 0 aromatic heterocycles. The van der Waals surface area contributed by atoms with Gasteiger partial charge in [-0.2, -0.15) is 0 Å². The van der Waals surface area contributed by atoms with Crippen molar-refractivity contribution < 1.29 is 19.2 Å². The molecule has 0 bridgehead atoms. The van der Waals surface area contributed by atoms with Gasteiger partial charge in [0.15, 0.2) is 5.17 Å². The van der Waals surface area contributed by atoms with Crippen molar-refractivity contribution in [2.45, 2.75) is 0 Å². The molecule has 10 heteroatoms. The molecule has 1 N–H and O–H groups in total. The van der Waals surface area contributed by atoms with E-state index in [2.05, 4.69) is 10.3 Å². The summed E-state index contributed by atoms with van der Waals surface area (Å²) in [6.45, 7) is 0. The third-order valence-corrected chi connectivity index (χ3v) is 4.38. The van der Waals surface area contributed by atoms with Crippen LogP contribution in [-0.4, -0.2) is 16.0 Å². The average Bonchev–Trinajstić information content (AvgIpc) is 2.92. The van der Waals surface area contributed by atoms with Gasteiger partial charge in [0.1, 0.15) is 5.82 Å². The average molecular weight is 393 g/mol. The molecule has 1 aliphatic heterocycles. The van der Waals surface area contributed by atoms with Crippen LogP contribution >= 0.6 is 23.4 Å². The van der Waals surface area contributed by atoms with Crippen molar-refractivity contribution in [1.82, 2.24) is 5.32 Å². The summed E-state index contributed by atoms with van der Waals surface area (Å²) >= 11 is 6.75. The fourth-order valence-corrected chi connectivity index (χ4v) is 3.15. The molecule has 7 nitrogen and oxygen atoms in total. The van der Waals surface area contributed by atoms with Gasteiger partial charge < -0.3 is 10.4 Å². The Balaban J connectivity index is 1.92. The standard InChI is InChI=1S/C16H9ClFN3O4S/c17-9-5-8(14(22)12(7-9)21(24)25)6-13-15(23)20-16(26-13)19-11-3-1-10(18)2-4-11/h1-7,22H,(H,19,20,23)/p-1/b13-6-. The van der Waals surface area contributed by atoms with E-state index in [4.69, 9.17) is 11.6 Å². The number of rotatable bonds is 3. The Bertz CT molecular complexity index is 976. The molecule has 0 aliphatic carbocycles. The number of hydrogen-bond acceptors (Lipinski definition) is 6. The summed E-state index contributed by atoms with van der Waals surface area (Å²) in [5.41, 5.74) is -0.323. The van der Waals surface area contributed by atoms with Gasteiger partial charge in [-0.1, -0.05) is 11.6 Å². The van der Waals surface area contributed by atoms with Crippen LogP contribution in [0, 0.1) is 15.9 Å². The Morgan fingerprint density at radius 2 is 1.96 bits per heavy atom. The van der Waals surface area contributed by atoms with Gasteiger partial charge in [0.25, 0.3) is 11.6 Å². The predicted molar refractivity (Wildman–Crippen MR) is 94.8 cm³/mol. The van der Waals surface area contributed by atoms with Gasteiger partial charge in [-0.15, -0.1) is 0 Å². The van der Waals surface area contributed by atoms with Crippen LogP contribution in [0.5, 0.6) is 5.75 Å². The zero-order chi connectivity index (χ0) is 18.8. The number of hydrogen-bond donors (Lipinski definition) is 1. The number of nitrogens with zero attached hydrogens (tertiary/aromatic N) is 2. The highest BCUT2D eigenvalue weighted by Gasteiger charge is 2.24. The second-order valence-corrected chi connectivity index (χ2v) is 6.53. The molecule has 0 atom stereocenters. The molecule has 1 fully saturated rings. The monoisotopic (exact) mass is 392 g/mol. The Morgan fingerprint density at radius 1 is 1.27 bits per heavy atom. The summed E-state index contributed by atoms with van der Waals surface area (Å²) in [6, 6.07) is 7.53. The molecule has 0 unspecified atom stereocenters. The van der Waals surface area contributed by atoms with Crippen LogP contribution in [0.15, 0.2) is 46.3 Å². The van der Waals surface area contributed by atoms with Crippen molar-refractivity contribution >= 4 is 51.9 Å². The summed E-state index contributed by atoms with van der Waals surface area (Å²) in [5, 5.41) is 25.8. The first-order valence-electron chi connectivity index (χ1n) is 7.03. The number of benzene rings is 2. The van der Waals surface area contributed by atoms with Crippen molar-refractivity contribution in [1.29, 1.82) is 0 Å². The van der Waals surface area contributed by atoms with Crippen LogP contribution in [0.3, 0.4) is 0 Å². The first kappa shape index (κ1) is 17.9. The lowest BCUT2D eigenvalue weighted by atomic mass is 10.1. The molecular weight excluding hydrogens is 385 g/mol. The summed E-state index contributed by atoms with van der Waals surface area (Å²) in [5.74, 6) is -1.77. The maximum Gasteiger partial charge on any atom is 0.264 e. The molecule has 26 heavy (non-hydrogen) atoms. The van der Waals surface area contributed by atoms with Gasteiger partial charge >= 0.3 is 0 Å². The lowest BCUT2D eigenvalue weighted by molar-refractivity contribution is -0.398. The Kier molecular flexibility index (Phi) is 4.92. The summed E-state index contributed by atoms with van der Waals surface area (Å²) in [6.07, 6.45) is 1.22. The molecule has 2 aromatic rings. The lowest BCUT2D eigenvalue weighted by Gasteiger charge is -2.11. The predicted octanol–water partition coefficient (Wildman–Crippen LogP) is 3.35. The molecule has 2 aromatic carbocycles. The van der Waals surface area contributed by atoms with Gasteiger partial charge in [-0.05, 0) is 59.5 Å². The fraction of sp³-hybridized carbons (Fsp3) is 0. The minimum Gasteiger partial charge on any atom is -0.867 e. The second-order valence-electron chi connectivity index (χ2n) is 5.06. The van der Waals surface area contributed by atoms with Crippen LogP contribution in [0.25, 0.3) is 6.08 Å². The van der Waals surface area contributed by atoms with Crippen LogP contribution in [0.1, 0.15) is 5.56 Å². The molecule has 1 amide bonds. The number of amidine groups is 1. The molecule has 1 heterocycles. The fourth-order valence-electron chi connectivity index (χ4n) is 2.10. The smallest absolute Gasteiger partial charge is 0.264 e. The molecule has 132 valence electrons. The zero-order valence-electron chi connectivity index (χ0n) is 12.7. The highest BCUT2D eigenvalue weighted by molar-refractivity contribution is 8.18. The van der Waals surface area contributed by atoms with E-state index in [1.54, 1.807) is 0 Å². The van der Waals surface area contributed by atoms with Gasteiger partial charge in [-0.25, -0.2) is 9.38 Å². The van der Waals surface area contributed by atoms with Gasteiger partial charge in [0.2, 0.25) is 0 Å². The number of nitro benzene ring substituents is 1. The van der Waals surface area contributed by atoms with Crippen molar-refractivity contribution in [3.8, 4) is 5.75 Å². The molecule has 3 rings (SSSR count).